The maximum absolute atomic E-state index is 11.9. The van der Waals surface area contributed by atoms with Gasteiger partial charge in [-0.25, -0.2) is 14.5 Å². The molecule has 0 atom stereocenters. The highest BCUT2D eigenvalue weighted by molar-refractivity contribution is 5.89. The predicted octanol–water partition coefficient (Wildman–Crippen LogP) is 3.43. The van der Waals surface area contributed by atoms with E-state index in [9.17, 15) is 4.79 Å². The number of fused-ring (bicyclic) bond motifs is 2. The lowest BCUT2D eigenvalue weighted by molar-refractivity contribution is 0.0526. The molecule has 0 N–H and O–H groups in total. The van der Waals surface area contributed by atoms with Crippen molar-refractivity contribution in [1.29, 1.82) is 0 Å². The molecule has 5 aromatic rings. The second kappa shape index (κ2) is 9.18. The molecule has 0 spiro atoms. The first-order valence-electron chi connectivity index (χ1n) is 10.8. The van der Waals surface area contributed by atoms with Crippen LogP contribution in [-0.4, -0.2) is 55.8 Å². The van der Waals surface area contributed by atoms with E-state index in [2.05, 4.69) is 32.3 Å². The maximum Gasteiger partial charge on any atom is 0.341 e. The standard InChI is InChI=1S/C24H22N6O4/c1-3-33-23(31)17-13-25-30(15-17)24-27-19-14-26-29(21(19)22(28-24)32-2)11-12-34-20-10-6-8-16-7-4-5-9-18(16)20/h4-10,13-15H,3,11-12H2,1-2H3. The Balaban J connectivity index is 1.38. The second-order valence-electron chi connectivity index (χ2n) is 7.35. The highest BCUT2D eigenvalue weighted by atomic mass is 16.5. The molecule has 5 rings (SSSR count). The van der Waals surface area contributed by atoms with Crippen molar-refractivity contribution >= 4 is 27.8 Å². The molecule has 0 unspecified atom stereocenters. The fourth-order valence-electron chi connectivity index (χ4n) is 3.68. The van der Waals surface area contributed by atoms with Gasteiger partial charge >= 0.3 is 5.97 Å². The molecular weight excluding hydrogens is 436 g/mol. The minimum atomic E-state index is -0.458. The summed E-state index contributed by atoms with van der Waals surface area (Å²) in [6.07, 6.45) is 4.56. The maximum atomic E-state index is 11.9. The molecule has 0 bridgehead atoms. The minimum Gasteiger partial charge on any atom is -0.491 e. The number of nitrogens with zero attached hydrogens (tertiary/aromatic N) is 6. The smallest absolute Gasteiger partial charge is 0.341 e. The van der Waals surface area contributed by atoms with Crippen molar-refractivity contribution in [2.75, 3.05) is 20.3 Å². The molecule has 0 radical (unpaired) electrons. The van der Waals surface area contributed by atoms with E-state index in [-0.39, 0.29) is 12.6 Å². The van der Waals surface area contributed by atoms with Crippen LogP contribution in [0.15, 0.2) is 61.1 Å². The van der Waals surface area contributed by atoms with Gasteiger partial charge in [-0.15, -0.1) is 0 Å². The van der Waals surface area contributed by atoms with Gasteiger partial charge in [0.25, 0.3) is 5.95 Å². The number of esters is 1. The summed E-state index contributed by atoms with van der Waals surface area (Å²) in [6, 6.07) is 14.1. The summed E-state index contributed by atoms with van der Waals surface area (Å²) in [5.41, 5.74) is 1.54. The third-order valence-electron chi connectivity index (χ3n) is 5.25. The van der Waals surface area contributed by atoms with Crippen molar-refractivity contribution in [2.24, 2.45) is 0 Å². The van der Waals surface area contributed by atoms with Crippen LogP contribution >= 0.6 is 0 Å². The van der Waals surface area contributed by atoms with Gasteiger partial charge in [0, 0.05) is 11.6 Å². The number of benzene rings is 2. The van der Waals surface area contributed by atoms with Crippen molar-refractivity contribution in [3.8, 4) is 17.6 Å². The molecule has 3 heterocycles. The molecule has 10 nitrogen and oxygen atoms in total. The molecule has 0 saturated heterocycles. The normalized spacial score (nSPS) is 11.1. The number of hydrogen-bond donors (Lipinski definition) is 0. The molecule has 3 aromatic heterocycles. The Morgan fingerprint density at radius 1 is 1.03 bits per heavy atom. The van der Waals surface area contributed by atoms with E-state index in [1.165, 1.54) is 24.2 Å². The fourth-order valence-corrected chi connectivity index (χ4v) is 3.68. The molecule has 10 heteroatoms. The summed E-state index contributed by atoms with van der Waals surface area (Å²) >= 11 is 0. The number of methoxy groups -OCH3 is 1. The van der Waals surface area contributed by atoms with E-state index in [1.54, 1.807) is 17.8 Å². The number of hydrogen-bond acceptors (Lipinski definition) is 8. The van der Waals surface area contributed by atoms with Gasteiger partial charge in [-0.05, 0) is 18.4 Å². The van der Waals surface area contributed by atoms with Gasteiger partial charge in [0.1, 0.15) is 23.4 Å². The zero-order valence-corrected chi connectivity index (χ0v) is 18.7. The van der Waals surface area contributed by atoms with Gasteiger partial charge in [-0.3, -0.25) is 4.68 Å². The molecule has 0 saturated carbocycles. The lowest BCUT2D eigenvalue weighted by atomic mass is 10.1. The summed E-state index contributed by atoms with van der Waals surface area (Å²) in [6.45, 7) is 2.90. The van der Waals surface area contributed by atoms with Crippen LogP contribution in [0.2, 0.25) is 0 Å². The second-order valence-corrected chi connectivity index (χ2v) is 7.35. The molecular formula is C24H22N6O4. The van der Waals surface area contributed by atoms with Gasteiger partial charge < -0.3 is 14.2 Å². The van der Waals surface area contributed by atoms with Gasteiger partial charge in [-0.2, -0.15) is 15.2 Å². The number of carbonyl (C=O) groups excluding carboxylic acids is 1. The summed E-state index contributed by atoms with van der Waals surface area (Å²) in [4.78, 5) is 20.9. The van der Waals surface area contributed by atoms with Gasteiger partial charge in [-0.1, -0.05) is 36.4 Å². The quantitative estimate of drug-likeness (QED) is 0.326. The third-order valence-corrected chi connectivity index (χ3v) is 5.25. The minimum absolute atomic E-state index is 0.256. The van der Waals surface area contributed by atoms with E-state index in [1.807, 2.05) is 30.3 Å². The van der Waals surface area contributed by atoms with E-state index in [0.29, 0.717) is 35.6 Å². The summed E-state index contributed by atoms with van der Waals surface area (Å²) < 4.78 is 19.7. The van der Waals surface area contributed by atoms with E-state index < -0.39 is 5.97 Å². The summed E-state index contributed by atoms with van der Waals surface area (Å²) in [5, 5.41) is 10.8. The average molecular weight is 458 g/mol. The van der Waals surface area contributed by atoms with E-state index in [4.69, 9.17) is 14.2 Å². The Hall–Kier alpha value is -4.47. The monoisotopic (exact) mass is 458 g/mol. The van der Waals surface area contributed by atoms with E-state index in [0.717, 1.165) is 16.5 Å². The molecule has 2 aromatic carbocycles. The molecule has 172 valence electrons. The molecule has 0 amide bonds. The first-order valence-corrected chi connectivity index (χ1v) is 10.8. The van der Waals surface area contributed by atoms with Crippen LogP contribution in [0, 0.1) is 0 Å². The lowest BCUT2D eigenvalue weighted by Gasteiger charge is -2.11. The van der Waals surface area contributed by atoms with Crippen molar-refractivity contribution in [3.63, 3.8) is 0 Å². The van der Waals surface area contributed by atoms with Crippen molar-refractivity contribution < 1.29 is 19.0 Å². The first-order chi connectivity index (χ1) is 16.7. The van der Waals surface area contributed by atoms with Crippen molar-refractivity contribution in [2.45, 2.75) is 13.5 Å². The lowest BCUT2D eigenvalue weighted by Crippen LogP contribution is -2.11. The van der Waals surface area contributed by atoms with Crippen LogP contribution in [0.4, 0.5) is 0 Å². The molecule has 0 aliphatic rings. The largest absolute Gasteiger partial charge is 0.491 e. The Bertz CT molecular complexity index is 1470. The highest BCUT2D eigenvalue weighted by Crippen LogP contribution is 2.26. The third kappa shape index (κ3) is 4.01. The topological polar surface area (TPSA) is 106 Å². The molecule has 0 aliphatic carbocycles. The Kier molecular flexibility index (Phi) is 5.77. The van der Waals surface area contributed by atoms with Gasteiger partial charge in [0.2, 0.25) is 5.88 Å². The Morgan fingerprint density at radius 2 is 1.88 bits per heavy atom. The van der Waals surface area contributed by atoms with Crippen LogP contribution in [0.25, 0.3) is 27.8 Å². The fraction of sp³-hybridized carbons (Fsp3) is 0.208. The number of rotatable bonds is 8. The Labute approximate surface area is 194 Å². The van der Waals surface area contributed by atoms with Crippen molar-refractivity contribution in [1.82, 2.24) is 29.5 Å². The molecule has 34 heavy (non-hydrogen) atoms. The average Bonchev–Trinajstić information content (AvgIpc) is 3.52. The summed E-state index contributed by atoms with van der Waals surface area (Å²) in [7, 11) is 1.53. The van der Waals surface area contributed by atoms with Crippen LogP contribution in [0.3, 0.4) is 0 Å². The number of carbonyl (C=O) groups is 1. The van der Waals surface area contributed by atoms with Crippen molar-refractivity contribution in [3.05, 3.63) is 66.6 Å². The van der Waals surface area contributed by atoms with Gasteiger partial charge in [0.05, 0.1) is 38.2 Å². The van der Waals surface area contributed by atoms with Crippen LogP contribution < -0.4 is 9.47 Å². The number of ether oxygens (including phenoxy) is 3. The number of aromatic nitrogens is 6. The zero-order valence-electron chi connectivity index (χ0n) is 18.7. The summed E-state index contributed by atoms with van der Waals surface area (Å²) in [5.74, 6) is 0.958. The first kappa shape index (κ1) is 21.4. The van der Waals surface area contributed by atoms with Crippen LogP contribution in [0.1, 0.15) is 17.3 Å². The van der Waals surface area contributed by atoms with Crippen LogP contribution in [-0.2, 0) is 11.3 Å². The Morgan fingerprint density at radius 3 is 2.74 bits per heavy atom. The van der Waals surface area contributed by atoms with E-state index >= 15 is 0 Å². The predicted molar refractivity (Wildman–Crippen MR) is 124 cm³/mol. The molecule has 0 aliphatic heterocycles. The SMILES string of the molecule is CCOC(=O)c1cnn(-c2nc(OC)c3c(cnn3CCOc3cccc4ccccc34)n2)c1. The highest BCUT2D eigenvalue weighted by Gasteiger charge is 2.17. The van der Waals surface area contributed by atoms with Gasteiger partial charge in [0.15, 0.2) is 0 Å². The van der Waals surface area contributed by atoms with Crippen LogP contribution in [0.5, 0.6) is 11.6 Å². The molecule has 0 fully saturated rings. The zero-order chi connectivity index (χ0) is 23.5.